The van der Waals surface area contributed by atoms with E-state index in [0.29, 0.717) is 7.11 Å². The Balaban J connectivity index is 3.94. The van der Waals surface area contributed by atoms with Gasteiger partial charge in [-0.3, -0.25) is 4.90 Å². The van der Waals surface area contributed by atoms with Gasteiger partial charge in [-0.1, -0.05) is 0 Å². The molecule has 0 aliphatic carbocycles. The Morgan fingerprint density at radius 3 is 1.90 bits per heavy atom. The Labute approximate surface area is 164 Å². The zero-order valence-electron chi connectivity index (χ0n) is 14.0. The number of rotatable bonds is 6. The third-order valence-electron chi connectivity index (χ3n) is 3.24. The molecule has 0 saturated carbocycles. The molecule has 1 N–H and O–H groups in total. The number of aromatic nitrogens is 1. The number of aromatic carboxylic acids is 1. The molecular formula is C13H7ClF10N2O4. The number of hydrogen-bond acceptors (Lipinski definition) is 5. The number of alkyl halides is 11. The first kappa shape index (κ1) is 25.5. The van der Waals surface area contributed by atoms with E-state index in [-0.39, 0.29) is 6.07 Å². The number of anilines is 1. The van der Waals surface area contributed by atoms with E-state index in [1.807, 2.05) is 0 Å². The van der Waals surface area contributed by atoms with Crippen molar-refractivity contribution in [3.8, 4) is 0 Å². The summed E-state index contributed by atoms with van der Waals surface area (Å²) in [6.07, 6.45) is -12.2. The van der Waals surface area contributed by atoms with Gasteiger partial charge in [-0.05, 0) is 17.7 Å². The Bertz CT molecular complexity index is 835. The molecule has 0 atom stereocenters. The van der Waals surface area contributed by atoms with Crippen LogP contribution in [0.15, 0.2) is 6.07 Å². The number of nitrogens with zero attached hydrogens (tertiary/aromatic N) is 2. The quantitative estimate of drug-likeness (QED) is 0.282. The Hall–Kier alpha value is -2.52. The molecule has 0 aliphatic rings. The smallest absolute Gasteiger partial charge is 0.455 e. The number of hydrogen-bond donors (Lipinski definition) is 1. The summed E-state index contributed by atoms with van der Waals surface area (Å²) in [5.74, 6) is -12.3. The van der Waals surface area contributed by atoms with Crippen LogP contribution in [0.1, 0.15) is 26.4 Å². The van der Waals surface area contributed by atoms with Crippen LogP contribution in [0.25, 0.3) is 0 Å². The molecule has 1 rings (SSSR count). The molecule has 0 aliphatic heterocycles. The molecular weight excluding hydrogens is 474 g/mol. The van der Waals surface area contributed by atoms with Crippen molar-refractivity contribution in [2.45, 2.75) is 23.8 Å². The number of carbonyl (C=O) groups excluding carboxylic acids is 1. The van der Waals surface area contributed by atoms with Gasteiger partial charge >= 0.3 is 35.7 Å². The Morgan fingerprint density at radius 1 is 1.07 bits per heavy atom. The third kappa shape index (κ3) is 5.34. The average molecular weight is 481 g/mol. The SMILES string of the molecule is COC(=O)c1cc(C(=O)O)c(C(F)(F)F)nc1N(CC(F)(F)C(F)(F)F)C(F)(F)Cl. The first-order valence-corrected chi connectivity index (χ1v) is 7.34. The van der Waals surface area contributed by atoms with Crippen LogP contribution in [0.5, 0.6) is 0 Å². The summed E-state index contributed by atoms with van der Waals surface area (Å²) >= 11 is 4.48. The van der Waals surface area contributed by atoms with Crippen molar-refractivity contribution in [3.63, 3.8) is 0 Å². The molecule has 0 bridgehead atoms. The second-order valence-electron chi connectivity index (χ2n) is 5.31. The molecule has 1 heterocycles. The van der Waals surface area contributed by atoms with Gasteiger partial charge in [0, 0.05) is 0 Å². The lowest BCUT2D eigenvalue weighted by Gasteiger charge is -2.33. The number of carbonyl (C=O) groups is 2. The first-order valence-electron chi connectivity index (χ1n) is 6.96. The highest BCUT2D eigenvalue weighted by molar-refractivity contribution is 6.23. The second kappa shape index (κ2) is 7.96. The summed E-state index contributed by atoms with van der Waals surface area (Å²) in [6, 6.07) is -0.222. The first-order chi connectivity index (χ1) is 13.2. The summed E-state index contributed by atoms with van der Waals surface area (Å²) in [4.78, 5) is 23.7. The highest BCUT2D eigenvalue weighted by atomic mass is 35.5. The number of ether oxygens (including phenoxy) is 1. The number of esters is 1. The van der Waals surface area contributed by atoms with Crippen molar-refractivity contribution < 1.29 is 63.3 Å². The molecule has 6 nitrogen and oxygen atoms in total. The number of carboxylic acids is 1. The fraction of sp³-hybridized carbons (Fsp3) is 0.462. The summed E-state index contributed by atoms with van der Waals surface area (Å²) < 4.78 is 134. The van der Waals surface area contributed by atoms with Gasteiger partial charge in [0.1, 0.15) is 11.4 Å². The second-order valence-corrected chi connectivity index (χ2v) is 5.76. The fourth-order valence-corrected chi connectivity index (χ4v) is 2.06. The van der Waals surface area contributed by atoms with Crippen LogP contribution in [-0.2, 0) is 10.9 Å². The third-order valence-corrected chi connectivity index (χ3v) is 3.44. The van der Waals surface area contributed by atoms with Crippen molar-refractivity contribution in [3.05, 3.63) is 22.9 Å². The molecule has 0 saturated heterocycles. The van der Waals surface area contributed by atoms with E-state index in [9.17, 15) is 53.5 Å². The minimum Gasteiger partial charge on any atom is -0.478 e. The maximum Gasteiger partial charge on any atom is 0.455 e. The molecule has 0 spiro atoms. The van der Waals surface area contributed by atoms with Crippen LogP contribution in [0.4, 0.5) is 49.7 Å². The van der Waals surface area contributed by atoms with Crippen LogP contribution in [-0.4, -0.2) is 53.3 Å². The summed E-state index contributed by atoms with van der Waals surface area (Å²) in [7, 11) is 0.526. The molecule has 1 aromatic heterocycles. The van der Waals surface area contributed by atoms with Gasteiger partial charge in [0.25, 0.3) is 0 Å². The van der Waals surface area contributed by atoms with Crippen molar-refractivity contribution in [1.29, 1.82) is 0 Å². The maximum atomic E-state index is 13.6. The minimum atomic E-state index is -6.45. The molecule has 0 radical (unpaired) electrons. The molecule has 0 aromatic carbocycles. The number of halogens is 11. The minimum absolute atomic E-state index is 0.222. The lowest BCUT2D eigenvalue weighted by atomic mass is 10.1. The Morgan fingerprint density at radius 2 is 1.57 bits per heavy atom. The van der Waals surface area contributed by atoms with E-state index < -0.39 is 69.8 Å². The zero-order valence-corrected chi connectivity index (χ0v) is 14.8. The van der Waals surface area contributed by atoms with Gasteiger partial charge < -0.3 is 9.84 Å². The molecule has 0 fully saturated rings. The van der Waals surface area contributed by atoms with Crippen LogP contribution in [0.3, 0.4) is 0 Å². The van der Waals surface area contributed by atoms with Crippen LogP contribution in [0, 0.1) is 0 Å². The summed E-state index contributed by atoms with van der Waals surface area (Å²) in [5.41, 5.74) is -11.1. The number of carboxylic acid groups (broad SMARTS) is 1. The van der Waals surface area contributed by atoms with E-state index in [4.69, 9.17) is 5.11 Å². The topological polar surface area (TPSA) is 79.7 Å². The number of pyridine rings is 1. The maximum absolute atomic E-state index is 13.6. The number of methoxy groups -OCH3 is 1. The van der Waals surface area contributed by atoms with Crippen LogP contribution >= 0.6 is 11.6 Å². The van der Waals surface area contributed by atoms with Gasteiger partial charge in [0.05, 0.1) is 19.2 Å². The van der Waals surface area contributed by atoms with E-state index in [1.165, 1.54) is 0 Å². The van der Waals surface area contributed by atoms with Crippen molar-refractivity contribution in [2.24, 2.45) is 0 Å². The molecule has 30 heavy (non-hydrogen) atoms. The largest absolute Gasteiger partial charge is 0.478 e. The van der Waals surface area contributed by atoms with Crippen LogP contribution in [0.2, 0.25) is 0 Å². The normalized spacial score (nSPS) is 13.2. The highest BCUT2D eigenvalue weighted by Crippen LogP contribution is 2.42. The molecule has 17 heteroatoms. The van der Waals surface area contributed by atoms with Gasteiger partial charge in [-0.2, -0.15) is 43.9 Å². The van der Waals surface area contributed by atoms with Crippen molar-refractivity contribution in [2.75, 3.05) is 18.6 Å². The van der Waals surface area contributed by atoms with E-state index in [0.717, 1.165) is 0 Å². The van der Waals surface area contributed by atoms with E-state index in [2.05, 4.69) is 21.3 Å². The van der Waals surface area contributed by atoms with Gasteiger partial charge in [0.15, 0.2) is 5.69 Å². The standard InChI is InChI=1S/C13H7ClF10N2O4/c1-30-9(29)5-2-4(8(27)28)6(11(17,18)19)25-7(5)26(13(14,23)24)3-10(15,16)12(20,21)22/h2H,3H2,1H3,(H,27,28). The lowest BCUT2D eigenvalue weighted by molar-refractivity contribution is -0.278. The average Bonchev–Trinajstić information content (AvgIpc) is 2.55. The summed E-state index contributed by atoms with van der Waals surface area (Å²) in [6.45, 7) is -3.08. The monoisotopic (exact) mass is 480 g/mol. The van der Waals surface area contributed by atoms with Gasteiger partial charge in [-0.15, -0.1) is 0 Å². The van der Waals surface area contributed by atoms with Crippen LogP contribution < -0.4 is 4.90 Å². The Kier molecular flexibility index (Phi) is 6.77. The predicted octanol–water partition coefficient (Wildman–Crippen LogP) is 4.38. The highest BCUT2D eigenvalue weighted by Gasteiger charge is 2.60. The predicted molar refractivity (Wildman–Crippen MR) is 76.7 cm³/mol. The van der Waals surface area contributed by atoms with Gasteiger partial charge in [0.2, 0.25) is 0 Å². The van der Waals surface area contributed by atoms with Crippen molar-refractivity contribution >= 4 is 29.4 Å². The molecule has 1 aromatic rings. The summed E-state index contributed by atoms with van der Waals surface area (Å²) in [5, 5.41) is 8.84. The van der Waals surface area contributed by atoms with E-state index in [1.54, 1.807) is 0 Å². The zero-order chi connectivity index (χ0) is 23.9. The van der Waals surface area contributed by atoms with Crippen molar-refractivity contribution in [1.82, 2.24) is 4.98 Å². The molecule has 0 unspecified atom stereocenters. The molecule has 170 valence electrons. The van der Waals surface area contributed by atoms with E-state index >= 15 is 0 Å². The lowest BCUT2D eigenvalue weighted by Crippen LogP contribution is -2.52. The van der Waals surface area contributed by atoms with Gasteiger partial charge in [-0.25, -0.2) is 14.6 Å². The fourth-order valence-electron chi connectivity index (χ4n) is 1.92. The molecule has 0 amide bonds.